The molecule has 0 amide bonds. The van der Waals surface area contributed by atoms with Gasteiger partial charge in [-0.1, -0.05) is 211 Å². The predicted molar refractivity (Wildman–Crippen MR) is 318 cm³/mol. The van der Waals surface area contributed by atoms with Crippen LogP contribution in [-0.4, -0.2) is 70.0 Å². The van der Waals surface area contributed by atoms with Crippen LogP contribution in [0.4, 0.5) is 0 Å². The highest BCUT2D eigenvalue weighted by Gasteiger charge is 2.21. The standard InChI is InChI=1S/C65H106NO8P/c1-6-8-10-12-14-16-18-20-22-24-26-27-28-29-30-31-32-33-34-35-36-37-38-39-40-42-44-46-48-50-52-54-56-58-65(68)74-63(62-73-75(69,70)72-60-59-66(3,4)5)61-71-64(67)57-55-53-51-49-47-45-43-41-25-23-21-19-17-15-13-11-9-7-2/h8,10,14,16-17,19-20,22-23,25-27,29-30,32-33,35-36,38-39,42,44,48,50,63H,6-7,9,11-13,15,18,21,24,28,31,34,37,40-41,43,45-47,49,51-62H2,1-5H3/b10-8-,16-14-,19-17-,22-20-,25-23-,27-26-,30-29-,33-32-,36-35-,39-38-,44-42-,50-48-. The predicted octanol–water partition coefficient (Wildman–Crippen LogP) is 17.7. The molecule has 0 N–H and O–H groups in total. The number of rotatable bonds is 51. The molecule has 0 aromatic heterocycles. The number of esters is 2. The van der Waals surface area contributed by atoms with Crippen molar-refractivity contribution in [3.8, 4) is 0 Å². The molecule has 0 radical (unpaired) electrons. The first-order valence-electron chi connectivity index (χ1n) is 29.0. The average molecular weight is 1060 g/mol. The number of quaternary nitrogens is 1. The van der Waals surface area contributed by atoms with Gasteiger partial charge in [-0.3, -0.25) is 14.2 Å². The van der Waals surface area contributed by atoms with Crippen molar-refractivity contribution < 1.29 is 42.1 Å². The van der Waals surface area contributed by atoms with E-state index in [1.54, 1.807) is 0 Å². The molecule has 424 valence electrons. The van der Waals surface area contributed by atoms with E-state index in [1.165, 1.54) is 51.4 Å². The lowest BCUT2D eigenvalue weighted by molar-refractivity contribution is -0.870. The molecule has 0 saturated carbocycles. The third-order valence-electron chi connectivity index (χ3n) is 11.6. The SMILES string of the molecule is CC/C=C\C/C=C\C/C=C\C/C=C\C/C=C\C/C=C\C/C=C\C/C=C\C/C=C\C/C=C\CCCCC(=O)OC(COC(=O)CCCCCCCCC/C=C\C/C=C\CCCCCC)COP(=O)([O-])OCC[N+](C)(C)C. The minimum atomic E-state index is -4.66. The Labute approximate surface area is 459 Å². The summed E-state index contributed by atoms with van der Waals surface area (Å²) in [7, 11) is 1.11. The molecule has 0 bridgehead atoms. The molecule has 0 fully saturated rings. The van der Waals surface area contributed by atoms with Crippen LogP contribution in [0.1, 0.15) is 200 Å². The fourth-order valence-electron chi connectivity index (χ4n) is 7.12. The smallest absolute Gasteiger partial charge is 0.306 e. The normalized spacial score (nSPS) is 14.4. The fraction of sp³-hybridized carbons (Fsp3) is 0.600. The Morgan fingerprint density at radius 2 is 0.760 bits per heavy atom. The number of nitrogens with zero attached hydrogens (tertiary/aromatic N) is 1. The monoisotopic (exact) mass is 1060 g/mol. The molecule has 0 aliphatic rings. The van der Waals surface area contributed by atoms with E-state index in [-0.39, 0.29) is 26.1 Å². The molecule has 75 heavy (non-hydrogen) atoms. The summed E-state index contributed by atoms with van der Waals surface area (Å²) in [4.78, 5) is 37.8. The van der Waals surface area contributed by atoms with Crippen molar-refractivity contribution in [1.82, 2.24) is 0 Å². The largest absolute Gasteiger partial charge is 0.756 e. The van der Waals surface area contributed by atoms with E-state index in [2.05, 4.69) is 160 Å². The number of phosphoric acid groups is 1. The number of carbonyl (C=O) groups excluding carboxylic acids is 2. The van der Waals surface area contributed by atoms with Gasteiger partial charge < -0.3 is 27.9 Å². The van der Waals surface area contributed by atoms with Gasteiger partial charge >= 0.3 is 11.9 Å². The third kappa shape index (κ3) is 59.0. The molecule has 0 aromatic rings. The van der Waals surface area contributed by atoms with Gasteiger partial charge in [-0.15, -0.1) is 0 Å². The molecule has 0 aliphatic carbocycles. The summed E-state index contributed by atoms with van der Waals surface area (Å²) in [5, 5.41) is 0. The number of hydrogen-bond donors (Lipinski definition) is 0. The average Bonchev–Trinajstić information content (AvgIpc) is 3.37. The van der Waals surface area contributed by atoms with Crippen molar-refractivity contribution in [2.45, 2.75) is 206 Å². The first-order valence-corrected chi connectivity index (χ1v) is 30.5. The number of allylic oxidation sites excluding steroid dienone is 24. The molecule has 0 aliphatic heterocycles. The Bertz CT molecular complexity index is 1770. The molecule has 0 rings (SSSR count). The van der Waals surface area contributed by atoms with E-state index >= 15 is 0 Å². The lowest BCUT2D eigenvalue weighted by Gasteiger charge is -2.28. The first-order chi connectivity index (χ1) is 36.5. The topological polar surface area (TPSA) is 111 Å². The van der Waals surface area contributed by atoms with Crippen molar-refractivity contribution >= 4 is 19.8 Å². The Kier molecular flexibility index (Phi) is 51.7. The van der Waals surface area contributed by atoms with Crippen LogP contribution in [0.5, 0.6) is 0 Å². The van der Waals surface area contributed by atoms with Gasteiger partial charge in [-0.05, 0) is 122 Å². The number of carbonyl (C=O) groups is 2. The zero-order chi connectivity index (χ0) is 54.9. The second kappa shape index (κ2) is 54.7. The molecule has 9 nitrogen and oxygen atoms in total. The Morgan fingerprint density at radius 3 is 1.16 bits per heavy atom. The van der Waals surface area contributed by atoms with E-state index in [4.69, 9.17) is 18.5 Å². The molecule has 2 unspecified atom stereocenters. The zero-order valence-electron chi connectivity index (χ0n) is 47.9. The molecule has 0 saturated heterocycles. The van der Waals surface area contributed by atoms with Gasteiger partial charge in [0.25, 0.3) is 7.82 Å². The van der Waals surface area contributed by atoms with Gasteiger partial charge in [0.05, 0.1) is 27.7 Å². The molecule has 0 spiro atoms. The maximum absolute atomic E-state index is 12.8. The lowest BCUT2D eigenvalue weighted by atomic mass is 10.1. The summed E-state index contributed by atoms with van der Waals surface area (Å²) in [5.41, 5.74) is 0. The third-order valence-corrected chi connectivity index (χ3v) is 12.6. The van der Waals surface area contributed by atoms with Gasteiger partial charge in [-0.25, -0.2) is 0 Å². The molecular formula is C65H106NO8P. The summed E-state index contributed by atoms with van der Waals surface area (Å²) in [6, 6.07) is 0. The van der Waals surface area contributed by atoms with E-state index < -0.39 is 32.5 Å². The van der Waals surface area contributed by atoms with Gasteiger partial charge in [-0.2, -0.15) is 0 Å². The van der Waals surface area contributed by atoms with Crippen LogP contribution in [0.2, 0.25) is 0 Å². The van der Waals surface area contributed by atoms with E-state index in [1.807, 2.05) is 21.1 Å². The molecule has 0 heterocycles. The summed E-state index contributed by atoms with van der Waals surface area (Å²) >= 11 is 0. The van der Waals surface area contributed by atoms with Gasteiger partial charge in [0.2, 0.25) is 0 Å². The highest BCUT2D eigenvalue weighted by atomic mass is 31.2. The van der Waals surface area contributed by atoms with Crippen LogP contribution in [-0.2, 0) is 32.7 Å². The van der Waals surface area contributed by atoms with Gasteiger partial charge in [0.1, 0.15) is 19.8 Å². The molecule has 10 heteroatoms. The summed E-state index contributed by atoms with van der Waals surface area (Å²) < 4.78 is 34.1. The summed E-state index contributed by atoms with van der Waals surface area (Å²) in [6.45, 7) is 4.02. The van der Waals surface area contributed by atoms with E-state index in [0.29, 0.717) is 23.9 Å². The number of hydrogen-bond acceptors (Lipinski definition) is 8. The van der Waals surface area contributed by atoms with Crippen LogP contribution in [0.3, 0.4) is 0 Å². The molecule has 0 aromatic carbocycles. The molecule has 2 atom stereocenters. The number of phosphoric ester groups is 1. The minimum absolute atomic E-state index is 0.0493. The van der Waals surface area contributed by atoms with Crippen molar-refractivity contribution in [1.29, 1.82) is 0 Å². The van der Waals surface area contributed by atoms with Crippen molar-refractivity contribution in [2.24, 2.45) is 0 Å². The first kappa shape index (κ1) is 70.9. The maximum Gasteiger partial charge on any atom is 0.306 e. The second-order valence-corrected chi connectivity index (χ2v) is 21.3. The molecular weight excluding hydrogens is 954 g/mol. The van der Waals surface area contributed by atoms with Crippen molar-refractivity contribution in [3.05, 3.63) is 146 Å². The van der Waals surface area contributed by atoms with Crippen molar-refractivity contribution in [2.75, 3.05) is 47.5 Å². The minimum Gasteiger partial charge on any atom is -0.756 e. The van der Waals surface area contributed by atoms with E-state index in [0.717, 1.165) is 109 Å². The summed E-state index contributed by atoms with van der Waals surface area (Å²) in [5.74, 6) is -0.906. The van der Waals surface area contributed by atoms with Crippen LogP contribution in [0.15, 0.2) is 146 Å². The van der Waals surface area contributed by atoms with Crippen LogP contribution >= 0.6 is 7.82 Å². The van der Waals surface area contributed by atoms with Gasteiger partial charge in [0, 0.05) is 12.8 Å². The maximum atomic E-state index is 12.8. The van der Waals surface area contributed by atoms with E-state index in [9.17, 15) is 19.0 Å². The highest BCUT2D eigenvalue weighted by molar-refractivity contribution is 7.45. The van der Waals surface area contributed by atoms with Crippen LogP contribution < -0.4 is 4.89 Å². The summed E-state index contributed by atoms with van der Waals surface area (Å²) in [6.07, 6.45) is 80.4. The van der Waals surface area contributed by atoms with Crippen LogP contribution in [0.25, 0.3) is 0 Å². The van der Waals surface area contributed by atoms with Crippen molar-refractivity contribution in [3.63, 3.8) is 0 Å². The quantitative estimate of drug-likeness (QED) is 0.0195. The second-order valence-electron chi connectivity index (χ2n) is 19.9. The lowest BCUT2D eigenvalue weighted by Crippen LogP contribution is -2.37. The van der Waals surface area contributed by atoms with Gasteiger partial charge in [0.15, 0.2) is 6.10 Å². The zero-order valence-corrected chi connectivity index (χ0v) is 48.8. The number of likely N-dealkylation sites (N-methyl/N-ethyl adjacent to an activating group) is 1. The fourth-order valence-corrected chi connectivity index (χ4v) is 7.85. The highest BCUT2D eigenvalue weighted by Crippen LogP contribution is 2.38. The Balaban J connectivity index is 4.32. The number of ether oxygens (including phenoxy) is 2. The van der Waals surface area contributed by atoms with Crippen LogP contribution in [0, 0.1) is 0 Å². The Morgan fingerprint density at radius 1 is 0.427 bits per heavy atom. The number of unbranched alkanes of at least 4 members (excludes halogenated alkanes) is 13. The Hall–Kier alpha value is -4.11.